The summed E-state index contributed by atoms with van der Waals surface area (Å²) in [4.78, 5) is 26.4. The maximum atomic E-state index is 13.5. The van der Waals surface area contributed by atoms with Crippen molar-refractivity contribution in [2.45, 2.75) is 34.2 Å². The molecular weight excluding hydrogens is 394 g/mol. The first kappa shape index (κ1) is 20.7. The molecule has 1 aliphatic rings. The van der Waals surface area contributed by atoms with Gasteiger partial charge in [0.1, 0.15) is 17.2 Å². The Morgan fingerprint density at radius 2 is 1.65 bits per heavy atom. The van der Waals surface area contributed by atoms with Gasteiger partial charge in [0, 0.05) is 28.9 Å². The van der Waals surface area contributed by atoms with Gasteiger partial charge in [-0.25, -0.2) is 0 Å². The van der Waals surface area contributed by atoms with E-state index in [2.05, 4.69) is 6.07 Å². The van der Waals surface area contributed by atoms with Crippen LogP contribution in [0.4, 0.5) is 5.69 Å². The van der Waals surface area contributed by atoms with Gasteiger partial charge in [0.25, 0.3) is 5.91 Å². The average molecular weight is 419 g/mol. The monoisotopic (exact) mass is 419 g/mol. The molecular formula is C25H25NO5. The molecule has 0 radical (unpaired) electrons. The number of benzene rings is 3. The van der Waals surface area contributed by atoms with Crippen molar-refractivity contribution in [3.63, 3.8) is 0 Å². The molecule has 1 heterocycles. The fourth-order valence-electron chi connectivity index (χ4n) is 4.01. The Labute approximate surface area is 181 Å². The normalized spacial score (nSPS) is 12.8. The molecule has 0 saturated carbocycles. The van der Waals surface area contributed by atoms with E-state index in [-0.39, 0.29) is 11.9 Å². The number of anilines is 1. The second-order valence-corrected chi connectivity index (χ2v) is 7.41. The molecule has 0 aromatic heterocycles. The van der Waals surface area contributed by atoms with E-state index in [1.807, 2.05) is 32.9 Å². The molecule has 31 heavy (non-hydrogen) atoms. The van der Waals surface area contributed by atoms with Gasteiger partial charge in [0.15, 0.2) is 0 Å². The van der Waals surface area contributed by atoms with Crippen molar-refractivity contribution in [1.82, 2.24) is 0 Å². The van der Waals surface area contributed by atoms with Crippen LogP contribution in [0.25, 0.3) is 10.8 Å². The summed E-state index contributed by atoms with van der Waals surface area (Å²) in [5.41, 5.74) is 3.20. The third-order valence-corrected chi connectivity index (χ3v) is 5.23. The number of ether oxygens (including phenoxy) is 3. The van der Waals surface area contributed by atoms with E-state index >= 15 is 0 Å². The lowest BCUT2D eigenvalue weighted by Gasteiger charge is -2.17. The van der Waals surface area contributed by atoms with Gasteiger partial charge in [0.2, 0.25) is 0 Å². The van der Waals surface area contributed by atoms with Crippen LogP contribution in [0.1, 0.15) is 42.3 Å². The number of amides is 1. The number of hydrogen-bond donors (Lipinski definition) is 0. The molecule has 0 unspecified atom stereocenters. The molecule has 6 heteroatoms. The first-order valence-electron chi connectivity index (χ1n) is 10.4. The van der Waals surface area contributed by atoms with Crippen LogP contribution in [0.3, 0.4) is 0 Å². The maximum absolute atomic E-state index is 13.5. The zero-order valence-corrected chi connectivity index (χ0v) is 18.2. The molecule has 1 amide bonds. The molecule has 0 saturated heterocycles. The molecule has 160 valence electrons. The van der Waals surface area contributed by atoms with Crippen LogP contribution in [0.15, 0.2) is 42.5 Å². The zero-order valence-electron chi connectivity index (χ0n) is 18.2. The van der Waals surface area contributed by atoms with E-state index in [9.17, 15) is 9.59 Å². The van der Waals surface area contributed by atoms with Crippen LogP contribution in [0.2, 0.25) is 0 Å². The standard InChI is InChI=1S/C25H25NO5/c1-5-29-23-20-13-15(3)7-12-19(20)24(30-6-2)22-21(23)14-26(25(22)28)17-8-10-18(11-9-17)31-16(4)27/h7-13H,5-6,14H2,1-4H3. The Balaban J connectivity index is 1.85. The van der Waals surface area contributed by atoms with Crippen LogP contribution < -0.4 is 19.1 Å². The van der Waals surface area contributed by atoms with Crippen molar-refractivity contribution in [3.8, 4) is 17.2 Å². The molecule has 0 spiro atoms. The quantitative estimate of drug-likeness (QED) is 0.414. The average Bonchev–Trinajstić information content (AvgIpc) is 3.08. The molecule has 0 fully saturated rings. The van der Waals surface area contributed by atoms with Crippen LogP contribution in [0.5, 0.6) is 17.2 Å². The number of hydrogen-bond acceptors (Lipinski definition) is 5. The summed E-state index contributed by atoms with van der Waals surface area (Å²) in [5, 5.41) is 1.82. The van der Waals surface area contributed by atoms with Crippen LogP contribution in [-0.2, 0) is 11.3 Å². The van der Waals surface area contributed by atoms with Gasteiger partial charge in [-0.05, 0) is 51.1 Å². The van der Waals surface area contributed by atoms with E-state index in [0.717, 1.165) is 27.6 Å². The summed E-state index contributed by atoms with van der Waals surface area (Å²) < 4.78 is 17.1. The Morgan fingerprint density at radius 1 is 0.968 bits per heavy atom. The van der Waals surface area contributed by atoms with E-state index in [1.165, 1.54) is 6.92 Å². The summed E-state index contributed by atoms with van der Waals surface area (Å²) >= 11 is 0. The number of carbonyl (C=O) groups is 2. The lowest BCUT2D eigenvalue weighted by molar-refractivity contribution is -0.131. The largest absolute Gasteiger partial charge is 0.493 e. The van der Waals surface area contributed by atoms with Crippen molar-refractivity contribution < 1.29 is 23.8 Å². The predicted molar refractivity (Wildman–Crippen MR) is 119 cm³/mol. The van der Waals surface area contributed by atoms with Gasteiger partial charge in [-0.15, -0.1) is 0 Å². The molecule has 0 bridgehead atoms. The van der Waals surface area contributed by atoms with Crippen LogP contribution in [0, 0.1) is 6.92 Å². The Morgan fingerprint density at radius 3 is 2.29 bits per heavy atom. The third-order valence-electron chi connectivity index (χ3n) is 5.23. The van der Waals surface area contributed by atoms with Crippen molar-refractivity contribution in [1.29, 1.82) is 0 Å². The van der Waals surface area contributed by atoms with Crippen molar-refractivity contribution >= 4 is 28.3 Å². The van der Waals surface area contributed by atoms with E-state index in [0.29, 0.717) is 42.5 Å². The SMILES string of the molecule is CCOc1c2c(c(OCC)c3ccc(C)cc13)C(=O)N(c1ccc(OC(C)=O)cc1)C2. The minimum Gasteiger partial charge on any atom is -0.493 e. The van der Waals surface area contributed by atoms with Crippen molar-refractivity contribution in [2.75, 3.05) is 18.1 Å². The summed E-state index contributed by atoms with van der Waals surface area (Å²) in [7, 11) is 0. The van der Waals surface area contributed by atoms with E-state index < -0.39 is 0 Å². The van der Waals surface area contributed by atoms with Gasteiger partial charge in [-0.3, -0.25) is 9.59 Å². The lowest BCUT2D eigenvalue weighted by Crippen LogP contribution is -2.23. The minimum atomic E-state index is -0.387. The van der Waals surface area contributed by atoms with Gasteiger partial charge in [-0.2, -0.15) is 0 Å². The Kier molecular flexibility index (Phi) is 5.55. The number of esters is 1. The number of fused-ring (bicyclic) bond motifs is 2. The highest BCUT2D eigenvalue weighted by atomic mass is 16.5. The Bertz CT molecular complexity index is 1170. The molecule has 3 aromatic carbocycles. The van der Waals surface area contributed by atoms with E-state index in [4.69, 9.17) is 14.2 Å². The minimum absolute atomic E-state index is 0.137. The smallest absolute Gasteiger partial charge is 0.308 e. The van der Waals surface area contributed by atoms with Gasteiger partial charge < -0.3 is 19.1 Å². The zero-order chi connectivity index (χ0) is 22.1. The van der Waals surface area contributed by atoms with Gasteiger partial charge >= 0.3 is 5.97 Å². The Hall–Kier alpha value is -3.54. The van der Waals surface area contributed by atoms with Crippen molar-refractivity contribution in [2.24, 2.45) is 0 Å². The molecule has 0 aliphatic carbocycles. The highest BCUT2D eigenvalue weighted by Crippen LogP contribution is 2.46. The fourth-order valence-corrected chi connectivity index (χ4v) is 4.01. The molecule has 0 N–H and O–H groups in total. The number of nitrogens with zero attached hydrogens (tertiary/aromatic N) is 1. The lowest BCUT2D eigenvalue weighted by atomic mass is 9.98. The number of rotatable bonds is 6. The second-order valence-electron chi connectivity index (χ2n) is 7.41. The molecule has 4 rings (SSSR count). The fraction of sp³-hybridized carbons (Fsp3) is 0.280. The van der Waals surface area contributed by atoms with E-state index in [1.54, 1.807) is 29.2 Å². The molecule has 3 aromatic rings. The summed E-state index contributed by atoms with van der Waals surface area (Å²) in [6.45, 7) is 8.56. The second kappa shape index (κ2) is 8.30. The summed E-state index contributed by atoms with van der Waals surface area (Å²) in [6.07, 6.45) is 0. The van der Waals surface area contributed by atoms with Crippen molar-refractivity contribution in [3.05, 3.63) is 59.2 Å². The summed E-state index contributed by atoms with van der Waals surface area (Å²) in [5.74, 6) is 1.24. The topological polar surface area (TPSA) is 65.1 Å². The maximum Gasteiger partial charge on any atom is 0.308 e. The molecule has 0 atom stereocenters. The highest BCUT2D eigenvalue weighted by molar-refractivity contribution is 6.17. The number of carbonyl (C=O) groups excluding carboxylic acids is 2. The number of aryl methyl sites for hydroxylation is 1. The summed E-state index contributed by atoms with van der Waals surface area (Å²) in [6, 6.07) is 13.0. The van der Waals surface area contributed by atoms with Gasteiger partial charge in [0.05, 0.1) is 25.3 Å². The molecule has 6 nitrogen and oxygen atoms in total. The van der Waals surface area contributed by atoms with Crippen LogP contribution in [-0.4, -0.2) is 25.1 Å². The first-order chi connectivity index (χ1) is 14.9. The predicted octanol–water partition coefficient (Wildman–Crippen LogP) is 5.03. The van der Waals surface area contributed by atoms with Crippen LogP contribution >= 0.6 is 0 Å². The van der Waals surface area contributed by atoms with Gasteiger partial charge in [-0.1, -0.05) is 17.7 Å². The first-order valence-corrected chi connectivity index (χ1v) is 10.4. The highest BCUT2D eigenvalue weighted by Gasteiger charge is 2.36. The molecule has 1 aliphatic heterocycles. The third kappa shape index (κ3) is 3.69.